The summed E-state index contributed by atoms with van der Waals surface area (Å²) in [6.45, 7) is -0.162. The van der Waals surface area contributed by atoms with Gasteiger partial charge in [-0.05, 0) is 42.0 Å². The third-order valence-corrected chi connectivity index (χ3v) is 4.90. The van der Waals surface area contributed by atoms with Crippen LogP contribution in [-0.4, -0.2) is 21.6 Å². The predicted octanol–water partition coefficient (Wildman–Crippen LogP) is 2.26. The van der Waals surface area contributed by atoms with E-state index in [4.69, 9.17) is 0 Å². The highest BCUT2D eigenvalue weighted by atomic mass is 16.2. The van der Waals surface area contributed by atoms with Gasteiger partial charge in [-0.2, -0.15) is 0 Å². The van der Waals surface area contributed by atoms with Crippen molar-refractivity contribution in [1.29, 1.82) is 0 Å². The lowest BCUT2D eigenvalue weighted by molar-refractivity contribution is -0.122. The van der Waals surface area contributed by atoms with Crippen LogP contribution in [0.5, 0.6) is 0 Å². The van der Waals surface area contributed by atoms with Crippen molar-refractivity contribution in [3.63, 3.8) is 0 Å². The van der Waals surface area contributed by atoms with Gasteiger partial charge in [-0.1, -0.05) is 42.5 Å². The van der Waals surface area contributed by atoms with Crippen molar-refractivity contribution in [2.24, 2.45) is 0 Å². The molecule has 2 amide bonds. The second-order valence-electron chi connectivity index (χ2n) is 7.18. The van der Waals surface area contributed by atoms with E-state index in [1.807, 2.05) is 18.2 Å². The van der Waals surface area contributed by atoms with Gasteiger partial charge in [0.15, 0.2) is 0 Å². The number of hydrogen-bond donors (Lipinski definition) is 3. The molecule has 0 atom stereocenters. The zero-order chi connectivity index (χ0) is 22.5. The SMILES string of the molecule is O=C(Cn1[nH]c(=O)c2ccccc2c1=O)NCc1cccc(C(=O)Nc2ccccc2)c1. The molecule has 4 rings (SSSR count). The molecule has 0 aliphatic rings. The maximum absolute atomic E-state index is 12.5. The fraction of sp³-hybridized carbons (Fsp3) is 0.0833. The minimum atomic E-state index is -0.449. The number of anilines is 1. The number of aromatic nitrogens is 2. The van der Waals surface area contributed by atoms with Crippen molar-refractivity contribution < 1.29 is 9.59 Å². The van der Waals surface area contributed by atoms with Gasteiger partial charge in [0.1, 0.15) is 6.54 Å². The minimum Gasteiger partial charge on any atom is -0.350 e. The summed E-state index contributed by atoms with van der Waals surface area (Å²) < 4.78 is 0.990. The summed E-state index contributed by atoms with van der Waals surface area (Å²) in [5, 5.41) is 8.47. The molecule has 0 saturated carbocycles. The molecule has 8 nitrogen and oxygen atoms in total. The molecule has 3 N–H and O–H groups in total. The van der Waals surface area contributed by atoms with Crippen molar-refractivity contribution in [3.8, 4) is 0 Å². The first kappa shape index (κ1) is 20.8. The summed E-state index contributed by atoms with van der Waals surface area (Å²) in [7, 11) is 0. The molecule has 0 spiro atoms. The quantitative estimate of drug-likeness (QED) is 0.437. The molecule has 0 aliphatic heterocycles. The van der Waals surface area contributed by atoms with Crippen LogP contribution in [0.2, 0.25) is 0 Å². The number of carbonyl (C=O) groups is 2. The summed E-state index contributed by atoms with van der Waals surface area (Å²) in [4.78, 5) is 49.5. The number of rotatable bonds is 6. The normalized spacial score (nSPS) is 10.6. The fourth-order valence-electron chi connectivity index (χ4n) is 3.31. The van der Waals surface area contributed by atoms with Crippen molar-refractivity contribution in [3.05, 3.63) is 111 Å². The van der Waals surface area contributed by atoms with Gasteiger partial charge in [-0.15, -0.1) is 0 Å². The molecular formula is C24H20N4O4. The second kappa shape index (κ2) is 9.13. The van der Waals surface area contributed by atoms with E-state index in [2.05, 4.69) is 15.7 Å². The average molecular weight is 428 g/mol. The molecule has 0 saturated heterocycles. The van der Waals surface area contributed by atoms with E-state index < -0.39 is 17.0 Å². The van der Waals surface area contributed by atoms with Gasteiger partial charge in [0.25, 0.3) is 17.0 Å². The van der Waals surface area contributed by atoms with E-state index in [0.29, 0.717) is 11.3 Å². The molecule has 1 heterocycles. The Labute approximate surface area is 182 Å². The number of carbonyl (C=O) groups excluding carboxylic acids is 2. The van der Waals surface area contributed by atoms with E-state index in [1.165, 1.54) is 0 Å². The molecule has 1 aromatic heterocycles. The van der Waals surface area contributed by atoms with Crippen molar-refractivity contribution in [2.75, 3.05) is 5.32 Å². The molecule has 0 radical (unpaired) electrons. The van der Waals surface area contributed by atoms with Crippen molar-refractivity contribution >= 4 is 28.3 Å². The smallest absolute Gasteiger partial charge is 0.273 e. The maximum Gasteiger partial charge on any atom is 0.273 e. The van der Waals surface area contributed by atoms with Crippen molar-refractivity contribution in [2.45, 2.75) is 13.1 Å². The van der Waals surface area contributed by atoms with Crippen LogP contribution in [0.15, 0.2) is 88.5 Å². The highest BCUT2D eigenvalue weighted by molar-refractivity contribution is 6.04. The summed E-state index contributed by atoms with van der Waals surface area (Å²) in [5.74, 6) is -0.707. The molecule has 0 bridgehead atoms. The number of fused-ring (bicyclic) bond motifs is 1. The van der Waals surface area contributed by atoms with Crippen LogP contribution in [0.25, 0.3) is 10.8 Å². The van der Waals surface area contributed by atoms with Crippen LogP contribution in [-0.2, 0) is 17.9 Å². The summed E-state index contributed by atoms with van der Waals surface area (Å²) >= 11 is 0. The highest BCUT2D eigenvalue weighted by Crippen LogP contribution is 2.10. The van der Waals surface area contributed by atoms with Crippen LogP contribution in [0.4, 0.5) is 5.69 Å². The molecule has 0 aliphatic carbocycles. The summed E-state index contributed by atoms with van der Waals surface area (Å²) in [5.41, 5.74) is 0.972. The molecule has 8 heteroatoms. The first-order valence-electron chi connectivity index (χ1n) is 9.95. The number of amides is 2. The number of para-hydroxylation sites is 1. The van der Waals surface area contributed by atoms with E-state index in [1.54, 1.807) is 60.7 Å². The molecule has 0 fully saturated rings. The Morgan fingerprint density at radius 1 is 0.844 bits per heavy atom. The lowest BCUT2D eigenvalue weighted by Crippen LogP contribution is -2.36. The number of nitrogens with zero attached hydrogens (tertiary/aromatic N) is 1. The molecule has 160 valence electrons. The lowest BCUT2D eigenvalue weighted by Gasteiger charge is -2.10. The van der Waals surface area contributed by atoms with Gasteiger partial charge in [0.2, 0.25) is 5.91 Å². The van der Waals surface area contributed by atoms with Crippen LogP contribution >= 0.6 is 0 Å². The third kappa shape index (κ3) is 4.65. The first-order valence-corrected chi connectivity index (χ1v) is 9.95. The largest absolute Gasteiger partial charge is 0.350 e. The van der Waals surface area contributed by atoms with Crippen LogP contribution in [0, 0.1) is 0 Å². The Bertz CT molecular complexity index is 1410. The summed E-state index contributed by atoms with van der Waals surface area (Å²) in [6, 6.07) is 22.4. The van der Waals surface area contributed by atoms with Gasteiger partial charge < -0.3 is 10.6 Å². The third-order valence-electron chi connectivity index (χ3n) is 4.90. The topological polar surface area (TPSA) is 113 Å². The monoisotopic (exact) mass is 428 g/mol. The van der Waals surface area contributed by atoms with Crippen LogP contribution in [0.1, 0.15) is 15.9 Å². The van der Waals surface area contributed by atoms with Gasteiger partial charge in [0, 0.05) is 17.8 Å². The Morgan fingerprint density at radius 3 is 2.34 bits per heavy atom. The Hall–Kier alpha value is -4.46. The van der Waals surface area contributed by atoms with Crippen LogP contribution in [0.3, 0.4) is 0 Å². The number of H-pyrrole nitrogens is 1. The van der Waals surface area contributed by atoms with Gasteiger partial charge >= 0.3 is 0 Å². The fourth-order valence-corrected chi connectivity index (χ4v) is 3.31. The Kier molecular flexibility index (Phi) is 5.94. The van der Waals surface area contributed by atoms with E-state index in [-0.39, 0.29) is 29.8 Å². The number of aromatic amines is 1. The van der Waals surface area contributed by atoms with Gasteiger partial charge in [0.05, 0.1) is 10.8 Å². The Morgan fingerprint density at radius 2 is 1.56 bits per heavy atom. The molecular weight excluding hydrogens is 408 g/mol. The van der Waals surface area contributed by atoms with E-state index in [9.17, 15) is 19.2 Å². The maximum atomic E-state index is 12.5. The number of nitrogens with one attached hydrogen (secondary N) is 3. The van der Waals surface area contributed by atoms with Crippen molar-refractivity contribution in [1.82, 2.24) is 15.1 Å². The molecule has 0 unspecified atom stereocenters. The standard InChI is InChI=1S/C24H20N4O4/c29-21(15-28-24(32)20-12-5-4-11-19(20)23(31)27-28)25-14-16-7-6-8-17(13-16)22(30)26-18-9-2-1-3-10-18/h1-13H,14-15H2,(H,25,29)(H,26,30)(H,27,31). The predicted molar refractivity (Wildman–Crippen MR) is 122 cm³/mol. The van der Waals surface area contributed by atoms with Gasteiger partial charge in [-0.3, -0.25) is 24.3 Å². The minimum absolute atomic E-state index is 0.165. The average Bonchev–Trinajstić information content (AvgIpc) is 2.82. The second-order valence-corrected chi connectivity index (χ2v) is 7.18. The zero-order valence-corrected chi connectivity index (χ0v) is 17.0. The number of benzene rings is 3. The van der Waals surface area contributed by atoms with E-state index >= 15 is 0 Å². The highest BCUT2D eigenvalue weighted by Gasteiger charge is 2.11. The molecule has 4 aromatic rings. The Balaban J connectivity index is 1.42. The van der Waals surface area contributed by atoms with Crippen LogP contribution < -0.4 is 21.8 Å². The molecule has 32 heavy (non-hydrogen) atoms. The van der Waals surface area contributed by atoms with E-state index in [0.717, 1.165) is 10.2 Å². The van der Waals surface area contributed by atoms with Gasteiger partial charge in [-0.25, -0.2) is 4.68 Å². The first-order chi connectivity index (χ1) is 15.5. The lowest BCUT2D eigenvalue weighted by atomic mass is 10.1. The zero-order valence-electron chi connectivity index (χ0n) is 17.0. The molecule has 3 aromatic carbocycles. The number of hydrogen-bond acceptors (Lipinski definition) is 4. The summed E-state index contributed by atoms with van der Waals surface area (Å²) in [6.07, 6.45) is 0.